The summed E-state index contributed by atoms with van der Waals surface area (Å²) in [5.41, 5.74) is 0. The van der Waals surface area contributed by atoms with Crippen LogP contribution in [0.5, 0.6) is 0 Å². The predicted octanol–water partition coefficient (Wildman–Crippen LogP) is 2.73. The molecular formula is C15H20FNO2S. The molecule has 20 heavy (non-hydrogen) atoms. The lowest BCUT2D eigenvalue weighted by molar-refractivity contribution is -0.120. The van der Waals surface area contributed by atoms with Gasteiger partial charge in [-0.25, -0.2) is 4.39 Å². The molecule has 0 bridgehead atoms. The maximum absolute atomic E-state index is 12.8. The Morgan fingerprint density at radius 2 is 1.95 bits per heavy atom. The standard InChI is InChI=1S/C15H20FNO2S/c16-11-6-8-12(9-7-11)20-10-15(19)17-13-4-2-1-3-5-14(13)18/h6-9,13-14,18H,1-5,10H2,(H,17,19). The fraction of sp³-hybridized carbons (Fsp3) is 0.533. The molecule has 1 aliphatic carbocycles. The summed E-state index contributed by atoms with van der Waals surface area (Å²) in [7, 11) is 0. The van der Waals surface area contributed by atoms with Crippen LogP contribution in [-0.4, -0.2) is 28.9 Å². The SMILES string of the molecule is O=C(CSc1ccc(F)cc1)NC1CCCCCC1O. The van der Waals surface area contributed by atoms with Crippen molar-refractivity contribution in [1.29, 1.82) is 0 Å². The van der Waals surface area contributed by atoms with Gasteiger partial charge in [0.25, 0.3) is 0 Å². The Kier molecular flexibility index (Phi) is 5.86. The van der Waals surface area contributed by atoms with E-state index in [-0.39, 0.29) is 23.5 Å². The Morgan fingerprint density at radius 3 is 2.70 bits per heavy atom. The molecule has 1 aromatic carbocycles. The number of amides is 1. The normalized spacial score (nSPS) is 23.1. The van der Waals surface area contributed by atoms with E-state index >= 15 is 0 Å². The van der Waals surface area contributed by atoms with Gasteiger partial charge in [0.15, 0.2) is 0 Å². The predicted molar refractivity (Wildman–Crippen MR) is 78.1 cm³/mol. The summed E-state index contributed by atoms with van der Waals surface area (Å²) in [6, 6.07) is 5.96. The van der Waals surface area contributed by atoms with Crippen molar-refractivity contribution < 1.29 is 14.3 Å². The minimum absolute atomic E-state index is 0.0784. The van der Waals surface area contributed by atoms with Crippen LogP contribution < -0.4 is 5.32 Å². The van der Waals surface area contributed by atoms with Gasteiger partial charge >= 0.3 is 0 Å². The molecular weight excluding hydrogens is 277 g/mol. The van der Waals surface area contributed by atoms with Gasteiger partial charge < -0.3 is 10.4 Å². The third-order valence-corrected chi connectivity index (χ3v) is 4.52. The highest BCUT2D eigenvalue weighted by Gasteiger charge is 2.22. The van der Waals surface area contributed by atoms with Gasteiger partial charge in [-0.15, -0.1) is 11.8 Å². The van der Waals surface area contributed by atoms with Crippen LogP contribution in [0.15, 0.2) is 29.2 Å². The third kappa shape index (κ3) is 4.80. The number of benzene rings is 1. The van der Waals surface area contributed by atoms with Crippen molar-refractivity contribution >= 4 is 17.7 Å². The second kappa shape index (κ2) is 7.64. The first-order valence-electron chi connectivity index (χ1n) is 7.01. The molecule has 0 aliphatic heterocycles. The highest BCUT2D eigenvalue weighted by atomic mass is 32.2. The van der Waals surface area contributed by atoms with Crippen molar-refractivity contribution in [3.63, 3.8) is 0 Å². The minimum atomic E-state index is -0.433. The van der Waals surface area contributed by atoms with Crippen LogP contribution >= 0.6 is 11.8 Å². The molecule has 1 amide bonds. The average molecular weight is 297 g/mol. The molecule has 5 heteroatoms. The maximum Gasteiger partial charge on any atom is 0.230 e. The highest BCUT2D eigenvalue weighted by Crippen LogP contribution is 2.20. The molecule has 1 aliphatic rings. The molecule has 2 rings (SSSR count). The van der Waals surface area contributed by atoms with E-state index in [2.05, 4.69) is 5.32 Å². The summed E-state index contributed by atoms with van der Waals surface area (Å²) < 4.78 is 12.8. The molecule has 0 radical (unpaired) electrons. The Labute approximate surface area is 123 Å². The number of hydrogen-bond acceptors (Lipinski definition) is 3. The lowest BCUT2D eigenvalue weighted by atomic mass is 10.1. The van der Waals surface area contributed by atoms with Gasteiger partial charge in [-0.3, -0.25) is 4.79 Å². The monoisotopic (exact) mass is 297 g/mol. The van der Waals surface area contributed by atoms with E-state index in [0.717, 1.165) is 37.0 Å². The van der Waals surface area contributed by atoms with Gasteiger partial charge in [0.1, 0.15) is 5.82 Å². The molecule has 2 unspecified atom stereocenters. The zero-order valence-corrected chi connectivity index (χ0v) is 12.2. The summed E-state index contributed by atoms with van der Waals surface area (Å²) in [6.07, 6.45) is 4.36. The van der Waals surface area contributed by atoms with Crippen molar-refractivity contribution in [2.75, 3.05) is 5.75 Å². The summed E-state index contributed by atoms with van der Waals surface area (Å²) in [5, 5.41) is 12.9. The van der Waals surface area contributed by atoms with E-state index in [4.69, 9.17) is 0 Å². The summed E-state index contributed by atoms with van der Waals surface area (Å²) in [5.74, 6) is -0.0693. The molecule has 2 atom stereocenters. The van der Waals surface area contributed by atoms with Crippen LogP contribution in [0.25, 0.3) is 0 Å². The van der Waals surface area contributed by atoms with E-state index in [1.807, 2.05) is 0 Å². The zero-order valence-electron chi connectivity index (χ0n) is 11.3. The maximum atomic E-state index is 12.8. The van der Waals surface area contributed by atoms with Crippen LogP contribution in [0.2, 0.25) is 0 Å². The number of hydrogen-bond donors (Lipinski definition) is 2. The molecule has 1 saturated carbocycles. The van der Waals surface area contributed by atoms with Gasteiger partial charge in [0.05, 0.1) is 17.9 Å². The topological polar surface area (TPSA) is 49.3 Å². The van der Waals surface area contributed by atoms with Crippen molar-refractivity contribution in [3.8, 4) is 0 Å². The highest BCUT2D eigenvalue weighted by molar-refractivity contribution is 8.00. The number of aliphatic hydroxyl groups excluding tert-OH is 1. The van der Waals surface area contributed by atoms with Crippen LogP contribution in [0.1, 0.15) is 32.1 Å². The quantitative estimate of drug-likeness (QED) is 0.663. The van der Waals surface area contributed by atoms with Crippen molar-refractivity contribution in [1.82, 2.24) is 5.32 Å². The Hall–Kier alpha value is -1.07. The number of carbonyl (C=O) groups excluding carboxylic acids is 1. The van der Waals surface area contributed by atoms with Crippen LogP contribution in [0.4, 0.5) is 4.39 Å². The minimum Gasteiger partial charge on any atom is -0.391 e. The summed E-state index contributed by atoms with van der Waals surface area (Å²) >= 11 is 1.37. The van der Waals surface area contributed by atoms with Crippen LogP contribution in [0, 0.1) is 5.82 Å². The van der Waals surface area contributed by atoms with E-state index in [1.54, 1.807) is 12.1 Å². The molecule has 0 aromatic heterocycles. The van der Waals surface area contributed by atoms with Crippen molar-refractivity contribution in [2.24, 2.45) is 0 Å². The lowest BCUT2D eigenvalue weighted by Crippen LogP contribution is -2.43. The van der Waals surface area contributed by atoms with Gasteiger partial charge in [-0.05, 0) is 37.1 Å². The van der Waals surface area contributed by atoms with E-state index in [1.165, 1.54) is 23.9 Å². The summed E-state index contributed by atoms with van der Waals surface area (Å²) in [6.45, 7) is 0. The number of thioether (sulfide) groups is 1. The molecule has 110 valence electrons. The number of rotatable bonds is 4. The summed E-state index contributed by atoms with van der Waals surface area (Å²) in [4.78, 5) is 12.8. The Morgan fingerprint density at radius 1 is 1.25 bits per heavy atom. The van der Waals surface area contributed by atoms with Gasteiger partial charge in [-0.2, -0.15) is 0 Å². The number of aliphatic hydroxyl groups is 1. The third-order valence-electron chi connectivity index (χ3n) is 3.51. The smallest absolute Gasteiger partial charge is 0.230 e. The molecule has 3 nitrogen and oxygen atoms in total. The molecule has 0 saturated heterocycles. The molecule has 2 N–H and O–H groups in total. The van der Waals surface area contributed by atoms with Gasteiger partial charge in [0.2, 0.25) is 5.91 Å². The van der Waals surface area contributed by atoms with E-state index in [0.29, 0.717) is 0 Å². The number of nitrogens with one attached hydrogen (secondary N) is 1. The fourth-order valence-electron chi connectivity index (χ4n) is 2.38. The van der Waals surface area contributed by atoms with E-state index < -0.39 is 6.10 Å². The lowest BCUT2D eigenvalue weighted by Gasteiger charge is -2.21. The Bertz CT molecular complexity index is 438. The first kappa shape index (κ1) is 15.3. The van der Waals surface area contributed by atoms with Gasteiger partial charge in [0, 0.05) is 4.90 Å². The molecule has 0 heterocycles. The fourth-order valence-corrected chi connectivity index (χ4v) is 3.09. The number of carbonyl (C=O) groups is 1. The van der Waals surface area contributed by atoms with Crippen molar-refractivity contribution in [3.05, 3.63) is 30.1 Å². The van der Waals surface area contributed by atoms with E-state index in [9.17, 15) is 14.3 Å². The number of halogens is 1. The second-order valence-electron chi connectivity index (χ2n) is 5.12. The second-order valence-corrected chi connectivity index (χ2v) is 6.17. The first-order chi connectivity index (χ1) is 9.65. The largest absolute Gasteiger partial charge is 0.391 e. The first-order valence-corrected chi connectivity index (χ1v) is 7.99. The molecule has 1 fully saturated rings. The van der Waals surface area contributed by atoms with Crippen LogP contribution in [0.3, 0.4) is 0 Å². The average Bonchev–Trinajstić information content (AvgIpc) is 2.64. The Balaban J connectivity index is 1.78. The zero-order chi connectivity index (χ0) is 14.4. The molecule has 1 aromatic rings. The van der Waals surface area contributed by atoms with Gasteiger partial charge in [-0.1, -0.05) is 19.3 Å². The van der Waals surface area contributed by atoms with Crippen molar-refractivity contribution in [2.45, 2.75) is 49.1 Å². The van der Waals surface area contributed by atoms with Crippen LogP contribution in [-0.2, 0) is 4.79 Å². The molecule has 0 spiro atoms.